The minimum atomic E-state index is -4.11. The first-order chi connectivity index (χ1) is 7.47. The van der Waals surface area contributed by atoms with Gasteiger partial charge in [0.1, 0.15) is 0 Å². The molecule has 2 nitrogen and oxygen atoms in total. The van der Waals surface area contributed by atoms with Crippen LogP contribution in [0, 0.1) is 0 Å². The Hall–Kier alpha value is 0.0600. The van der Waals surface area contributed by atoms with Crippen LogP contribution < -0.4 is 5.32 Å². The van der Waals surface area contributed by atoms with Gasteiger partial charge in [0.15, 0.2) is 0 Å². The summed E-state index contributed by atoms with van der Waals surface area (Å²) >= 11 is 1.67. The monoisotopic (exact) mass is 257 g/mol. The molecule has 1 saturated heterocycles. The quantitative estimate of drug-likeness (QED) is 0.789. The number of hydrogen-bond donors (Lipinski definition) is 1. The van der Waals surface area contributed by atoms with Crippen LogP contribution in [0.25, 0.3) is 0 Å². The van der Waals surface area contributed by atoms with Gasteiger partial charge in [-0.3, -0.25) is 0 Å². The van der Waals surface area contributed by atoms with Crippen molar-refractivity contribution in [3.05, 3.63) is 0 Å². The Labute approximate surface area is 98.3 Å². The second-order valence-electron chi connectivity index (χ2n) is 4.03. The van der Waals surface area contributed by atoms with Crippen LogP contribution in [0.1, 0.15) is 19.8 Å². The number of rotatable bonds is 6. The first-order valence-electron chi connectivity index (χ1n) is 5.48. The van der Waals surface area contributed by atoms with E-state index in [4.69, 9.17) is 4.74 Å². The van der Waals surface area contributed by atoms with Crippen LogP contribution in [0.2, 0.25) is 0 Å². The van der Waals surface area contributed by atoms with Crippen molar-refractivity contribution in [2.45, 2.75) is 37.3 Å². The molecule has 0 aromatic rings. The van der Waals surface area contributed by atoms with Gasteiger partial charge in [-0.15, -0.1) is 0 Å². The van der Waals surface area contributed by atoms with Crippen LogP contribution in [0.3, 0.4) is 0 Å². The highest BCUT2D eigenvalue weighted by atomic mass is 32.2. The molecule has 1 aliphatic heterocycles. The Bertz CT molecular complexity index is 195. The van der Waals surface area contributed by atoms with Crippen LogP contribution in [0.5, 0.6) is 0 Å². The van der Waals surface area contributed by atoms with Crippen LogP contribution >= 0.6 is 11.8 Å². The lowest BCUT2D eigenvalue weighted by molar-refractivity contribution is -0.124. The number of halogens is 3. The maximum Gasteiger partial charge on any atom is 0.401 e. The molecule has 1 heterocycles. The van der Waals surface area contributed by atoms with Gasteiger partial charge in [0.25, 0.3) is 0 Å². The Morgan fingerprint density at radius 1 is 1.50 bits per heavy atom. The summed E-state index contributed by atoms with van der Waals surface area (Å²) in [5.41, 5.74) is 0. The highest BCUT2D eigenvalue weighted by Crippen LogP contribution is 2.20. The maximum absolute atomic E-state index is 11.8. The summed E-state index contributed by atoms with van der Waals surface area (Å²) in [7, 11) is 0. The van der Waals surface area contributed by atoms with E-state index in [9.17, 15) is 13.2 Å². The fourth-order valence-electron chi connectivity index (χ4n) is 1.52. The molecule has 0 saturated carbocycles. The third-order valence-corrected chi connectivity index (χ3v) is 3.65. The Balaban J connectivity index is 2.00. The molecule has 1 aliphatic rings. The molecule has 0 amide bonds. The van der Waals surface area contributed by atoms with Gasteiger partial charge in [-0.25, -0.2) is 0 Å². The van der Waals surface area contributed by atoms with E-state index in [0.29, 0.717) is 12.6 Å². The fraction of sp³-hybridized carbons (Fsp3) is 1.00. The molecule has 6 heteroatoms. The van der Waals surface area contributed by atoms with Gasteiger partial charge in [0, 0.05) is 24.2 Å². The van der Waals surface area contributed by atoms with Crippen molar-refractivity contribution in [2.75, 3.05) is 25.4 Å². The van der Waals surface area contributed by atoms with Crippen molar-refractivity contribution in [1.29, 1.82) is 0 Å². The summed E-state index contributed by atoms with van der Waals surface area (Å²) in [4.78, 5) is 0. The molecule has 1 fully saturated rings. The van der Waals surface area contributed by atoms with Gasteiger partial charge in [0.2, 0.25) is 0 Å². The molecule has 0 aromatic carbocycles. The Morgan fingerprint density at radius 3 is 2.81 bits per heavy atom. The van der Waals surface area contributed by atoms with E-state index >= 15 is 0 Å². The van der Waals surface area contributed by atoms with Gasteiger partial charge in [-0.05, 0) is 12.8 Å². The summed E-state index contributed by atoms with van der Waals surface area (Å²) in [5, 5.41) is 2.60. The molecule has 2 atom stereocenters. The standard InChI is InChI=1S/C10H18F3NOS/c1-8(5-14-7-10(11,12)13)16-6-9-3-2-4-15-9/h8-9,14H,2-7H2,1H3. The predicted molar refractivity (Wildman–Crippen MR) is 59.8 cm³/mol. The van der Waals surface area contributed by atoms with Crippen molar-refractivity contribution in [3.8, 4) is 0 Å². The highest BCUT2D eigenvalue weighted by molar-refractivity contribution is 7.99. The Morgan fingerprint density at radius 2 is 2.25 bits per heavy atom. The lowest BCUT2D eigenvalue weighted by Crippen LogP contribution is -2.33. The SMILES string of the molecule is CC(CNCC(F)(F)F)SCC1CCCO1. The second-order valence-corrected chi connectivity index (χ2v) is 5.50. The number of hydrogen-bond acceptors (Lipinski definition) is 3. The minimum absolute atomic E-state index is 0.187. The number of nitrogens with one attached hydrogen (secondary N) is 1. The minimum Gasteiger partial charge on any atom is -0.377 e. The lowest BCUT2D eigenvalue weighted by atomic mass is 10.3. The van der Waals surface area contributed by atoms with E-state index in [1.54, 1.807) is 11.8 Å². The van der Waals surface area contributed by atoms with E-state index in [0.717, 1.165) is 25.2 Å². The molecule has 0 radical (unpaired) electrons. The van der Waals surface area contributed by atoms with E-state index in [1.807, 2.05) is 6.92 Å². The zero-order chi connectivity index (χ0) is 12.0. The average Bonchev–Trinajstić information content (AvgIpc) is 2.65. The summed E-state index contributed by atoms with van der Waals surface area (Å²) in [6.07, 6.45) is -1.63. The lowest BCUT2D eigenvalue weighted by Gasteiger charge is -2.15. The van der Waals surface area contributed by atoms with E-state index < -0.39 is 12.7 Å². The second kappa shape index (κ2) is 6.71. The van der Waals surface area contributed by atoms with E-state index in [2.05, 4.69) is 5.32 Å². The fourth-order valence-corrected chi connectivity index (χ4v) is 2.57. The highest BCUT2D eigenvalue weighted by Gasteiger charge is 2.26. The molecule has 0 bridgehead atoms. The molecule has 1 rings (SSSR count). The molecule has 0 spiro atoms. The summed E-state index contributed by atoms with van der Waals surface area (Å²) < 4.78 is 41.0. The summed E-state index contributed by atoms with van der Waals surface area (Å²) in [6, 6.07) is 0. The summed E-state index contributed by atoms with van der Waals surface area (Å²) in [6.45, 7) is 2.24. The molecule has 0 aliphatic carbocycles. The van der Waals surface area contributed by atoms with Crippen molar-refractivity contribution in [3.63, 3.8) is 0 Å². The first kappa shape index (κ1) is 14.1. The van der Waals surface area contributed by atoms with Gasteiger partial charge < -0.3 is 10.1 Å². The van der Waals surface area contributed by atoms with Gasteiger partial charge in [-0.2, -0.15) is 24.9 Å². The van der Waals surface area contributed by atoms with Gasteiger partial charge in [-0.1, -0.05) is 6.92 Å². The zero-order valence-electron chi connectivity index (χ0n) is 9.35. The molecule has 2 unspecified atom stereocenters. The smallest absolute Gasteiger partial charge is 0.377 e. The van der Waals surface area contributed by atoms with Crippen LogP contribution in [-0.2, 0) is 4.74 Å². The molecular formula is C10H18F3NOS. The maximum atomic E-state index is 11.8. The number of thioether (sulfide) groups is 1. The van der Waals surface area contributed by atoms with Gasteiger partial charge >= 0.3 is 6.18 Å². The van der Waals surface area contributed by atoms with Crippen LogP contribution in [-0.4, -0.2) is 43.0 Å². The number of alkyl halides is 3. The largest absolute Gasteiger partial charge is 0.401 e. The van der Waals surface area contributed by atoms with E-state index in [-0.39, 0.29) is 5.25 Å². The molecule has 1 N–H and O–H groups in total. The van der Waals surface area contributed by atoms with Gasteiger partial charge in [0.05, 0.1) is 12.6 Å². The van der Waals surface area contributed by atoms with E-state index in [1.165, 1.54) is 0 Å². The third kappa shape index (κ3) is 6.60. The number of ether oxygens (including phenoxy) is 1. The molecular weight excluding hydrogens is 239 g/mol. The van der Waals surface area contributed by atoms with Crippen molar-refractivity contribution >= 4 is 11.8 Å². The van der Waals surface area contributed by atoms with Crippen molar-refractivity contribution in [1.82, 2.24) is 5.32 Å². The normalized spacial score (nSPS) is 23.6. The first-order valence-corrected chi connectivity index (χ1v) is 6.53. The van der Waals surface area contributed by atoms with Crippen LogP contribution in [0.15, 0.2) is 0 Å². The third-order valence-electron chi connectivity index (χ3n) is 2.35. The average molecular weight is 257 g/mol. The predicted octanol–water partition coefficient (Wildman–Crippen LogP) is 2.44. The summed E-state index contributed by atoms with van der Waals surface area (Å²) in [5.74, 6) is 0.884. The topological polar surface area (TPSA) is 21.3 Å². The molecule has 16 heavy (non-hydrogen) atoms. The van der Waals surface area contributed by atoms with Crippen molar-refractivity contribution < 1.29 is 17.9 Å². The van der Waals surface area contributed by atoms with Crippen molar-refractivity contribution in [2.24, 2.45) is 0 Å². The zero-order valence-corrected chi connectivity index (χ0v) is 10.2. The Kier molecular flexibility index (Phi) is 5.92. The van der Waals surface area contributed by atoms with Crippen LogP contribution in [0.4, 0.5) is 13.2 Å². The molecule has 0 aromatic heterocycles. The molecule has 96 valence electrons.